The van der Waals surface area contributed by atoms with Gasteiger partial charge in [0.25, 0.3) is 0 Å². The van der Waals surface area contributed by atoms with E-state index in [9.17, 15) is 9.90 Å². The van der Waals surface area contributed by atoms with Crippen molar-refractivity contribution in [3.05, 3.63) is 72.3 Å². The second-order valence-corrected chi connectivity index (χ2v) is 8.56. The third-order valence-electron chi connectivity index (χ3n) is 5.37. The quantitative estimate of drug-likeness (QED) is 0.389. The van der Waals surface area contributed by atoms with Gasteiger partial charge < -0.3 is 14.6 Å². The molecule has 4 nitrogen and oxygen atoms in total. The van der Waals surface area contributed by atoms with E-state index in [1.54, 1.807) is 18.2 Å². The minimum absolute atomic E-state index is 0.129. The third-order valence-corrected chi connectivity index (χ3v) is 5.37. The largest absolute Gasteiger partial charge is 0.508 e. The van der Waals surface area contributed by atoms with E-state index < -0.39 is 0 Å². The van der Waals surface area contributed by atoms with Crippen LogP contribution in [0.1, 0.15) is 57.9 Å². The Morgan fingerprint density at radius 3 is 2.35 bits per heavy atom. The van der Waals surface area contributed by atoms with Crippen LogP contribution in [0.25, 0.3) is 0 Å². The van der Waals surface area contributed by atoms with E-state index in [4.69, 9.17) is 4.74 Å². The van der Waals surface area contributed by atoms with Crippen LogP contribution in [0.15, 0.2) is 66.7 Å². The minimum atomic E-state index is -0.261. The number of ether oxygens (including phenoxy) is 2. The molecule has 0 aliphatic heterocycles. The summed E-state index contributed by atoms with van der Waals surface area (Å²) >= 11 is 0. The van der Waals surface area contributed by atoms with Crippen molar-refractivity contribution in [2.45, 2.75) is 64.4 Å². The van der Waals surface area contributed by atoms with Gasteiger partial charge in [0.1, 0.15) is 17.1 Å². The highest BCUT2D eigenvalue weighted by molar-refractivity contribution is 5.69. The number of carbonyl (C=O) groups excluding carboxylic acids is 1. The van der Waals surface area contributed by atoms with Crippen molar-refractivity contribution in [2.75, 3.05) is 7.11 Å². The molecule has 3 rings (SSSR count). The minimum Gasteiger partial charge on any atom is -0.508 e. The Morgan fingerprint density at radius 1 is 1.06 bits per heavy atom. The summed E-state index contributed by atoms with van der Waals surface area (Å²) in [6.07, 6.45) is 12.0. The first-order valence-electron chi connectivity index (χ1n) is 11.1. The van der Waals surface area contributed by atoms with Gasteiger partial charge in [-0.25, -0.2) is 0 Å². The molecule has 0 amide bonds. The van der Waals surface area contributed by atoms with Gasteiger partial charge in [0, 0.05) is 12.8 Å². The Balaban J connectivity index is 0.000000233. The summed E-state index contributed by atoms with van der Waals surface area (Å²) < 4.78 is 10.5. The van der Waals surface area contributed by atoms with Gasteiger partial charge in [0.2, 0.25) is 0 Å². The number of para-hydroxylation sites is 2. The summed E-state index contributed by atoms with van der Waals surface area (Å²) in [6, 6.07) is 17.0. The molecule has 2 aromatic carbocycles. The number of aryl methyl sites for hydroxylation is 1. The zero-order valence-corrected chi connectivity index (χ0v) is 19.0. The van der Waals surface area contributed by atoms with Gasteiger partial charge in [0.05, 0.1) is 7.11 Å². The van der Waals surface area contributed by atoms with E-state index in [2.05, 4.69) is 30.7 Å². The van der Waals surface area contributed by atoms with Crippen molar-refractivity contribution in [3.8, 4) is 11.5 Å². The average Bonchev–Trinajstić information content (AvgIpc) is 3.27. The van der Waals surface area contributed by atoms with E-state index in [1.165, 1.54) is 32.8 Å². The first kappa shape index (κ1) is 24.5. The summed E-state index contributed by atoms with van der Waals surface area (Å²) in [5.74, 6) is 1.74. The Morgan fingerprint density at radius 2 is 1.71 bits per heavy atom. The lowest BCUT2D eigenvalue weighted by Crippen LogP contribution is -2.27. The molecule has 0 unspecified atom stereocenters. The molecule has 0 spiro atoms. The van der Waals surface area contributed by atoms with Crippen molar-refractivity contribution >= 4 is 5.97 Å². The molecule has 1 aliphatic carbocycles. The molecule has 0 heterocycles. The number of esters is 1. The van der Waals surface area contributed by atoms with Crippen molar-refractivity contribution in [3.63, 3.8) is 0 Å². The lowest BCUT2D eigenvalue weighted by Gasteiger charge is -2.25. The van der Waals surface area contributed by atoms with Gasteiger partial charge in [-0.15, -0.1) is 0 Å². The molecule has 1 saturated carbocycles. The van der Waals surface area contributed by atoms with E-state index >= 15 is 0 Å². The molecule has 0 bridgehead atoms. The Labute approximate surface area is 186 Å². The zero-order valence-electron chi connectivity index (χ0n) is 19.0. The Bertz CT molecular complexity index is 805. The number of aromatic hydroxyl groups is 1. The smallest absolute Gasteiger partial charge is 0.305 e. The number of phenolic OH excluding ortho intramolecular Hbond substituents is 1. The van der Waals surface area contributed by atoms with Crippen LogP contribution in [0.5, 0.6) is 11.5 Å². The van der Waals surface area contributed by atoms with E-state index in [0.29, 0.717) is 12.8 Å². The number of benzene rings is 2. The van der Waals surface area contributed by atoms with Crippen LogP contribution >= 0.6 is 0 Å². The summed E-state index contributed by atoms with van der Waals surface area (Å²) in [7, 11) is 1.35. The van der Waals surface area contributed by atoms with Crippen LogP contribution in [0, 0.1) is 5.92 Å². The molecule has 31 heavy (non-hydrogen) atoms. The number of hydrogen-bond donors (Lipinski definition) is 1. The number of rotatable bonds is 8. The van der Waals surface area contributed by atoms with Crippen molar-refractivity contribution < 1.29 is 19.4 Å². The highest BCUT2D eigenvalue weighted by Crippen LogP contribution is 2.27. The topological polar surface area (TPSA) is 55.8 Å². The average molecular weight is 425 g/mol. The molecule has 2 aromatic rings. The summed E-state index contributed by atoms with van der Waals surface area (Å²) in [6.45, 7) is 4.30. The molecule has 0 atom stereocenters. The molecule has 1 N–H and O–H groups in total. The van der Waals surface area contributed by atoms with Crippen LogP contribution in [-0.4, -0.2) is 23.8 Å². The Hall–Kier alpha value is -2.75. The maximum absolute atomic E-state index is 10.8. The zero-order chi connectivity index (χ0) is 22.5. The normalized spacial score (nSPS) is 14.2. The summed E-state index contributed by atoms with van der Waals surface area (Å²) in [4.78, 5) is 10.8. The fraction of sp³-hybridized carbons (Fsp3) is 0.444. The third kappa shape index (κ3) is 9.73. The molecular weight excluding hydrogens is 388 g/mol. The first-order chi connectivity index (χ1) is 14.9. The van der Waals surface area contributed by atoms with Gasteiger partial charge >= 0.3 is 5.97 Å². The second kappa shape index (κ2) is 12.8. The predicted molar refractivity (Wildman–Crippen MR) is 125 cm³/mol. The Kier molecular flexibility index (Phi) is 10.2. The standard InChI is InChI=1S/C17H24O.C10H12O3/c1-17(2,18-16-12-4-3-5-13-16)14-8-11-15-9-6-7-10-15;1-13-10(12)7-6-8-4-2-3-5-9(8)11/h3-5,8,11-13,15H,6-7,9-10,14H2,1-2H3;2-5,11H,6-7H2,1H3/b11-8+;. The van der Waals surface area contributed by atoms with Gasteiger partial charge in [-0.3, -0.25) is 4.79 Å². The highest BCUT2D eigenvalue weighted by atomic mass is 16.5. The highest BCUT2D eigenvalue weighted by Gasteiger charge is 2.18. The molecule has 1 aliphatic rings. The molecule has 0 aromatic heterocycles. The van der Waals surface area contributed by atoms with Gasteiger partial charge in [-0.1, -0.05) is 61.4 Å². The van der Waals surface area contributed by atoms with Gasteiger partial charge in [-0.2, -0.15) is 0 Å². The van der Waals surface area contributed by atoms with Crippen LogP contribution in [-0.2, 0) is 16.0 Å². The van der Waals surface area contributed by atoms with Crippen LogP contribution in [0.3, 0.4) is 0 Å². The van der Waals surface area contributed by atoms with E-state index in [1.807, 2.05) is 36.4 Å². The van der Waals surface area contributed by atoms with Gasteiger partial charge in [0.15, 0.2) is 0 Å². The lowest BCUT2D eigenvalue weighted by atomic mass is 10.0. The van der Waals surface area contributed by atoms with Crippen LogP contribution in [0.4, 0.5) is 0 Å². The first-order valence-corrected chi connectivity index (χ1v) is 11.1. The fourth-order valence-corrected chi connectivity index (χ4v) is 3.60. The molecule has 0 saturated heterocycles. The molecule has 4 heteroatoms. The maximum atomic E-state index is 10.8. The fourth-order valence-electron chi connectivity index (χ4n) is 3.60. The second-order valence-electron chi connectivity index (χ2n) is 8.56. The number of hydrogen-bond acceptors (Lipinski definition) is 4. The summed E-state index contributed by atoms with van der Waals surface area (Å²) in [5.41, 5.74) is 0.643. The van der Waals surface area contributed by atoms with Crippen molar-refractivity contribution in [1.82, 2.24) is 0 Å². The SMILES string of the molecule is CC(C)(C/C=C/C1CCCC1)Oc1ccccc1.COC(=O)CCc1ccccc1O. The predicted octanol–water partition coefficient (Wildman–Crippen LogP) is 6.48. The van der Waals surface area contributed by atoms with Gasteiger partial charge in [-0.05, 0) is 62.8 Å². The van der Waals surface area contributed by atoms with Crippen LogP contribution in [0.2, 0.25) is 0 Å². The number of methoxy groups -OCH3 is 1. The lowest BCUT2D eigenvalue weighted by molar-refractivity contribution is -0.140. The van der Waals surface area contributed by atoms with Crippen LogP contribution < -0.4 is 4.74 Å². The molecule has 168 valence electrons. The van der Waals surface area contributed by atoms with E-state index in [-0.39, 0.29) is 17.3 Å². The monoisotopic (exact) mass is 424 g/mol. The van der Waals surface area contributed by atoms with E-state index in [0.717, 1.165) is 23.7 Å². The molecule has 0 radical (unpaired) electrons. The summed E-state index contributed by atoms with van der Waals surface area (Å²) in [5, 5.41) is 9.34. The number of phenols is 1. The van der Waals surface area contributed by atoms with Crippen molar-refractivity contribution in [2.24, 2.45) is 5.92 Å². The molecule has 1 fully saturated rings. The van der Waals surface area contributed by atoms with Crippen molar-refractivity contribution in [1.29, 1.82) is 0 Å². The number of allylic oxidation sites excluding steroid dienone is 1. The molecular formula is C27H36O4. The maximum Gasteiger partial charge on any atom is 0.305 e. The number of carbonyl (C=O) groups is 1.